The summed E-state index contributed by atoms with van der Waals surface area (Å²) >= 11 is 0. The first-order valence-electron chi connectivity index (χ1n) is 7.52. The number of hydrogen-bond donors (Lipinski definition) is 2. The minimum atomic E-state index is 0.479. The van der Waals surface area contributed by atoms with Gasteiger partial charge in [-0.1, -0.05) is 31.2 Å². The van der Waals surface area contributed by atoms with Crippen LogP contribution in [0.1, 0.15) is 18.1 Å². The number of benzene rings is 1. The second kappa shape index (κ2) is 7.31. The van der Waals surface area contributed by atoms with Crippen LogP contribution in [0.2, 0.25) is 0 Å². The van der Waals surface area contributed by atoms with Crippen LogP contribution in [0, 0.1) is 0 Å². The number of rotatable bonds is 6. The third kappa shape index (κ3) is 4.00. The molecule has 0 bridgehead atoms. The molecule has 0 saturated heterocycles. The summed E-state index contributed by atoms with van der Waals surface area (Å²) in [4.78, 5) is 8.52. The minimum Gasteiger partial charge on any atom is -0.349 e. The predicted molar refractivity (Wildman–Crippen MR) is 90.5 cm³/mol. The Labute approximate surface area is 135 Å². The number of anilines is 3. The minimum absolute atomic E-state index is 0.479. The van der Waals surface area contributed by atoms with E-state index in [4.69, 9.17) is 0 Å². The molecule has 0 spiro atoms. The van der Waals surface area contributed by atoms with Gasteiger partial charge in [0.25, 0.3) is 0 Å². The maximum absolute atomic E-state index is 4.44. The van der Waals surface area contributed by atoms with Crippen molar-refractivity contribution in [3.05, 3.63) is 66.1 Å². The van der Waals surface area contributed by atoms with Gasteiger partial charge in [-0.3, -0.25) is 4.98 Å². The Bertz CT molecular complexity index is 760. The van der Waals surface area contributed by atoms with Gasteiger partial charge in [0.1, 0.15) is 0 Å². The highest BCUT2D eigenvalue weighted by Gasteiger charge is 2.04. The molecule has 0 saturated carbocycles. The second-order valence-corrected chi connectivity index (χ2v) is 5.02. The van der Waals surface area contributed by atoms with Crippen LogP contribution >= 0.6 is 0 Å². The number of nitrogens with one attached hydrogen (secondary N) is 2. The molecule has 0 atom stereocenters. The van der Waals surface area contributed by atoms with Crippen molar-refractivity contribution in [1.82, 2.24) is 20.2 Å². The summed E-state index contributed by atoms with van der Waals surface area (Å²) in [5.41, 5.74) is 3.33. The van der Waals surface area contributed by atoms with E-state index in [1.807, 2.05) is 30.3 Å². The van der Waals surface area contributed by atoms with Crippen molar-refractivity contribution in [3.8, 4) is 0 Å². The van der Waals surface area contributed by atoms with E-state index in [1.165, 1.54) is 5.56 Å². The fourth-order valence-corrected chi connectivity index (χ4v) is 2.21. The molecule has 0 aliphatic carbocycles. The lowest BCUT2D eigenvalue weighted by Crippen LogP contribution is -2.07. The lowest BCUT2D eigenvalue weighted by atomic mass is 10.1. The molecule has 0 aliphatic heterocycles. The molecule has 23 heavy (non-hydrogen) atoms. The van der Waals surface area contributed by atoms with Crippen molar-refractivity contribution in [3.63, 3.8) is 0 Å². The second-order valence-electron chi connectivity index (χ2n) is 5.02. The lowest BCUT2D eigenvalue weighted by Gasteiger charge is -2.10. The summed E-state index contributed by atoms with van der Waals surface area (Å²) in [6.07, 6.45) is 6.12. The van der Waals surface area contributed by atoms with Crippen LogP contribution in [-0.4, -0.2) is 20.2 Å². The Kier molecular flexibility index (Phi) is 4.73. The van der Waals surface area contributed by atoms with Gasteiger partial charge >= 0.3 is 0 Å². The summed E-state index contributed by atoms with van der Waals surface area (Å²) < 4.78 is 0. The Hall–Kier alpha value is -3.02. The van der Waals surface area contributed by atoms with Crippen LogP contribution in [0.3, 0.4) is 0 Å². The fourth-order valence-electron chi connectivity index (χ4n) is 2.21. The Morgan fingerprint density at radius 2 is 1.96 bits per heavy atom. The average Bonchev–Trinajstić information content (AvgIpc) is 2.62. The quantitative estimate of drug-likeness (QED) is 0.728. The van der Waals surface area contributed by atoms with Gasteiger partial charge in [0, 0.05) is 24.6 Å². The van der Waals surface area contributed by atoms with Crippen LogP contribution in [-0.2, 0) is 13.0 Å². The first kappa shape index (κ1) is 14.9. The van der Waals surface area contributed by atoms with Crippen LogP contribution < -0.4 is 10.6 Å². The van der Waals surface area contributed by atoms with Gasteiger partial charge in [-0.25, -0.2) is 0 Å². The third-order valence-electron chi connectivity index (χ3n) is 3.39. The molecule has 0 unspecified atom stereocenters. The van der Waals surface area contributed by atoms with E-state index in [0.717, 1.165) is 17.7 Å². The molecule has 0 amide bonds. The zero-order valence-corrected chi connectivity index (χ0v) is 12.9. The summed E-state index contributed by atoms with van der Waals surface area (Å²) in [6.45, 7) is 2.73. The SMILES string of the molecule is CCc1ccccc1Nc1cnnc(NCc2cccnc2)n1. The zero-order valence-electron chi connectivity index (χ0n) is 12.9. The molecular weight excluding hydrogens is 288 g/mol. The fraction of sp³-hybridized carbons (Fsp3) is 0.176. The molecule has 6 nitrogen and oxygen atoms in total. The van der Waals surface area contributed by atoms with Gasteiger partial charge in [0.15, 0.2) is 5.82 Å². The summed E-state index contributed by atoms with van der Waals surface area (Å²) in [5, 5.41) is 14.4. The van der Waals surface area contributed by atoms with Gasteiger partial charge in [0.05, 0.1) is 6.20 Å². The van der Waals surface area contributed by atoms with Crippen LogP contribution in [0.25, 0.3) is 0 Å². The molecule has 2 N–H and O–H groups in total. The molecule has 2 aromatic heterocycles. The predicted octanol–water partition coefficient (Wildman–Crippen LogP) is 3.18. The van der Waals surface area contributed by atoms with Gasteiger partial charge in [-0.15, -0.1) is 5.10 Å². The molecule has 0 fully saturated rings. The molecule has 1 aromatic carbocycles. The molecule has 0 radical (unpaired) electrons. The van der Waals surface area contributed by atoms with E-state index in [1.54, 1.807) is 18.6 Å². The topological polar surface area (TPSA) is 75.6 Å². The van der Waals surface area contributed by atoms with Gasteiger partial charge in [-0.2, -0.15) is 10.1 Å². The van der Waals surface area contributed by atoms with E-state index in [9.17, 15) is 0 Å². The Balaban J connectivity index is 1.70. The van der Waals surface area contributed by atoms with E-state index < -0.39 is 0 Å². The number of nitrogens with zero attached hydrogens (tertiary/aromatic N) is 4. The monoisotopic (exact) mass is 306 g/mol. The van der Waals surface area contributed by atoms with E-state index in [-0.39, 0.29) is 0 Å². The molecule has 116 valence electrons. The van der Waals surface area contributed by atoms with Gasteiger partial charge in [-0.05, 0) is 29.7 Å². The first-order valence-corrected chi connectivity index (χ1v) is 7.52. The number of aryl methyl sites for hydroxylation is 1. The number of pyridine rings is 1. The molecule has 0 aliphatic rings. The lowest BCUT2D eigenvalue weighted by molar-refractivity contribution is 0.946. The third-order valence-corrected chi connectivity index (χ3v) is 3.39. The molecule has 3 rings (SSSR count). The Morgan fingerprint density at radius 3 is 2.78 bits per heavy atom. The van der Waals surface area contributed by atoms with Crippen molar-refractivity contribution in [2.75, 3.05) is 10.6 Å². The maximum atomic E-state index is 4.44. The number of hydrogen-bond acceptors (Lipinski definition) is 6. The standard InChI is InChI=1S/C17H18N6/c1-2-14-7-3-4-8-15(14)21-16-12-20-23-17(22-16)19-11-13-6-5-9-18-10-13/h3-10,12H,2,11H2,1H3,(H2,19,21,22,23). The van der Waals surface area contributed by atoms with E-state index in [0.29, 0.717) is 18.3 Å². The maximum Gasteiger partial charge on any atom is 0.244 e. The summed E-state index contributed by atoms with van der Waals surface area (Å²) in [6, 6.07) is 12.0. The van der Waals surface area contributed by atoms with Crippen molar-refractivity contribution < 1.29 is 0 Å². The molecule has 6 heteroatoms. The normalized spacial score (nSPS) is 10.3. The first-order chi connectivity index (χ1) is 11.3. The van der Waals surface area contributed by atoms with Crippen LogP contribution in [0.15, 0.2) is 55.0 Å². The van der Waals surface area contributed by atoms with Crippen molar-refractivity contribution in [1.29, 1.82) is 0 Å². The van der Waals surface area contributed by atoms with Crippen molar-refractivity contribution in [2.24, 2.45) is 0 Å². The Morgan fingerprint density at radius 1 is 1.04 bits per heavy atom. The largest absolute Gasteiger partial charge is 0.349 e. The van der Waals surface area contributed by atoms with Gasteiger partial charge < -0.3 is 10.6 Å². The summed E-state index contributed by atoms with van der Waals surface area (Å²) in [5.74, 6) is 1.14. The number of aromatic nitrogens is 4. The molecule has 3 aromatic rings. The number of para-hydroxylation sites is 1. The molecular formula is C17H18N6. The van der Waals surface area contributed by atoms with Crippen molar-refractivity contribution >= 4 is 17.5 Å². The van der Waals surface area contributed by atoms with E-state index >= 15 is 0 Å². The van der Waals surface area contributed by atoms with E-state index in [2.05, 4.69) is 43.8 Å². The highest BCUT2D eigenvalue weighted by atomic mass is 15.3. The van der Waals surface area contributed by atoms with Crippen LogP contribution in [0.5, 0.6) is 0 Å². The van der Waals surface area contributed by atoms with Gasteiger partial charge in [0.2, 0.25) is 5.95 Å². The molecule has 2 heterocycles. The average molecular weight is 306 g/mol. The summed E-state index contributed by atoms with van der Waals surface area (Å²) in [7, 11) is 0. The van der Waals surface area contributed by atoms with Crippen LogP contribution in [0.4, 0.5) is 17.5 Å². The highest BCUT2D eigenvalue weighted by Crippen LogP contribution is 2.19. The smallest absolute Gasteiger partial charge is 0.244 e. The zero-order chi connectivity index (χ0) is 15.9. The van der Waals surface area contributed by atoms with Crippen molar-refractivity contribution in [2.45, 2.75) is 19.9 Å². The highest BCUT2D eigenvalue weighted by molar-refractivity contribution is 5.60.